The Morgan fingerprint density at radius 1 is 1.26 bits per heavy atom. The van der Waals surface area contributed by atoms with Crippen molar-refractivity contribution >= 4 is 28.8 Å². The Morgan fingerprint density at radius 3 is 2.89 bits per heavy atom. The molecule has 0 spiro atoms. The Morgan fingerprint density at radius 2 is 2.07 bits per heavy atom. The highest BCUT2D eigenvalue weighted by atomic mass is 35.5. The number of anilines is 1. The Balaban J connectivity index is 1.72. The van der Waals surface area contributed by atoms with Gasteiger partial charge < -0.3 is 10.6 Å². The molecule has 3 aromatic rings. The number of amides is 1. The van der Waals surface area contributed by atoms with Gasteiger partial charge >= 0.3 is 0 Å². The molecule has 1 saturated heterocycles. The van der Waals surface area contributed by atoms with Gasteiger partial charge in [0, 0.05) is 30.1 Å². The topological polar surface area (TPSA) is 76.5 Å². The van der Waals surface area contributed by atoms with E-state index in [1.165, 1.54) is 0 Å². The third-order valence-corrected chi connectivity index (χ3v) is 5.52. The van der Waals surface area contributed by atoms with Crippen LogP contribution in [0, 0.1) is 13.8 Å². The van der Waals surface area contributed by atoms with Gasteiger partial charge in [-0.2, -0.15) is 5.10 Å². The van der Waals surface area contributed by atoms with Crippen LogP contribution >= 0.6 is 11.6 Å². The average Bonchev–Trinajstić information content (AvgIpc) is 3.06. The SMILES string of the molecule is Cc1ccc(N)c(C(=O)N2CCCC[C@H]2c2cc3nc(Cl)c(C)cn3n2)c1. The summed E-state index contributed by atoms with van der Waals surface area (Å²) in [7, 11) is 0. The number of aromatic nitrogens is 3. The highest BCUT2D eigenvalue weighted by Crippen LogP contribution is 2.33. The smallest absolute Gasteiger partial charge is 0.256 e. The second-order valence-electron chi connectivity index (χ2n) is 7.19. The fraction of sp³-hybridized carbons (Fsp3) is 0.350. The zero-order valence-electron chi connectivity index (χ0n) is 15.4. The fourth-order valence-corrected chi connectivity index (χ4v) is 3.80. The standard InChI is InChI=1S/C20H22ClN5O/c1-12-6-7-15(22)14(9-12)20(27)25-8-4-3-5-17(25)16-10-18-23-19(21)13(2)11-26(18)24-16/h6-7,9-11,17H,3-5,8,22H2,1-2H3/t17-/m0/s1. The lowest BCUT2D eigenvalue weighted by Gasteiger charge is -2.35. The Bertz CT molecular complexity index is 990. The lowest BCUT2D eigenvalue weighted by molar-refractivity contribution is 0.0606. The summed E-state index contributed by atoms with van der Waals surface area (Å²) < 4.78 is 1.73. The van der Waals surface area contributed by atoms with Crippen molar-refractivity contribution in [1.29, 1.82) is 0 Å². The number of carbonyl (C=O) groups excluding carboxylic acids is 1. The predicted molar refractivity (Wildman–Crippen MR) is 106 cm³/mol. The number of hydrogen-bond donors (Lipinski definition) is 1. The van der Waals surface area contributed by atoms with E-state index in [0.717, 1.165) is 36.1 Å². The van der Waals surface area contributed by atoms with E-state index in [0.29, 0.717) is 28.6 Å². The number of piperidine rings is 1. The molecule has 7 heteroatoms. The summed E-state index contributed by atoms with van der Waals surface area (Å²) in [6, 6.07) is 7.39. The summed E-state index contributed by atoms with van der Waals surface area (Å²) >= 11 is 6.14. The first-order valence-electron chi connectivity index (χ1n) is 9.13. The number of likely N-dealkylation sites (tertiary alicyclic amines) is 1. The molecule has 3 heterocycles. The zero-order valence-corrected chi connectivity index (χ0v) is 16.2. The molecule has 0 bridgehead atoms. The monoisotopic (exact) mass is 383 g/mol. The number of nitrogens with zero attached hydrogens (tertiary/aromatic N) is 4. The van der Waals surface area contributed by atoms with Crippen molar-refractivity contribution in [3.05, 3.63) is 58.0 Å². The molecule has 1 aliphatic heterocycles. The van der Waals surface area contributed by atoms with Crippen molar-refractivity contribution in [3.8, 4) is 0 Å². The minimum Gasteiger partial charge on any atom is -0.398 e. The van der Waals surface area contributed by atoms with Gasteiger partial charge in [-0.3, -0.25) is 4.79 Å². The minimum absolute atomic E-state index is 0.0415. The van der Waals surface area contributed by atoms with E-state index in [1.807, 2.05) is 43.1 Å². The molecule has 1 atom stereocenters. The predicted octanol–water partition coefficient (Wildman–Crippen LogP) is 3.95. The van der Waals surface area contributed by atoms with E-state index in [4.69, 9.17) is 17.3 Å². The number of halogens is 1. The van der Waals surface area contributed by atoms with Gasteiger partial charge in [-0.1, -0.05) is 23.2 Å². The van der Waals surface area contributed by atoms with E-state index in [9.17, 15) is 4.79 Å². The molecule has 2 N–H and O–H groups in total. The van der Waals surface area contributed by atoms with Crippen molar-refractivity contribution in [2.75, 3.05) is 12.3 Å². The van der Waals surface area contributed by atoms with Gasteiger partial charge in [0.25, 0.3) is 5.91 Å². The number of carbonyl (C=O) groups is 1. The van der Waals surface area contributed by atoms with Gasteiger partial charge in [0.05, 0.1) is 17.3 Å². The van der Waals surface area contributed by atoms with Crippen LogP contribution in [0.15, 0.2) is 30.5 Å². The molecule has 0 unspecified atom stereocenters. The first-order chi connectivity index (χ1) is 12.9. The van der Waals surface area contributed by atoms with E-state index < -0.39 is 0 Å². The van der Waals surface area contributed by atoms with Crippen LogP contribution in [-0.2, 0) is 0 Å². The minimum atomic E-state index is -0.0908. The van der Waals surface area contributed by atoms with Crippen LogP contribution in [0.5, 0.6) is 0 Å². The largest absolute Gasteiger partial charge is 0.398 e. The Hall–Kier alpha value is -2.60. The second-order valence-corrected chi connectivity index (χ2v) is 7.55. The third-order valence-electron chi connectivity index (χ3n) is 5.13. The summed E-state index contributed by atoms with van der Waals surface area (Å²) in [5, 5.41) is 5.15. The summed E-state index contributed by atoms with van der Waals surface area (Å²) in [6.45, 7) is 4.55. The van der Waals surface area contributed by atoms with Gasteiger partial charge in [-0.25, -0.2) is 9.50 Å². The summed E-state index contributed by atoms with van der Waals surface area (Å²) in [4.78, 5) is 19.5. The molecule has 140 valence electrons. The van der Waals surface area contributed by atoms with Gasteiger partial charge in [0.15, 0.2) is 5.65 Å². The lowest BCUT2D eigenvalue weighted by Crippen LogP contribution is -2.39. The van der Waals surface area contributed by atoms with Crippen LogP contribution in [-0.4, -0.2) is 31.9 Å². The van der Waals surface area contributed by atoms with Crippen LogP contribution in [0.3, 0.4) is 0 Å². The molecular weight excluding hydrogens is 362 g/mol. The van der Waals surface area contributed by atoms with Crippen LogP contribution in [0.25, 0.3) is 5.65 Å². The van der Waals surface area contributed by atoms with Crippen LogP contribution in [0.2, 0.25) is 5.15 Å². The number of benzene rings is 1. The zero-order chi connectivity index (χ0) is 19.1. The maximum Gasteiger partial charge on any atom is 0.256 e. The molecule has 4 rings (SSSR count). The molecule has 2 aromatic heterocycles. The normalized spacial score (nSPS) is 17.4. The molecule has 1 aliphatic rings. The number of fused-ring (bicyclic) bond motifs is 1. The molecule has 0 saturated carbocycles. The maximum atomic E-state index is 13.3. The van der Waals surface area contributed by atoms with Gasteiger partial charge in [0.1, 0.15) is 5.15 Å². The molecule has 6 nitrogen and oxygen atoms in total. The molecule has 0 aliphatic carbocycles. The number of aryl methyl sites for hydroxylation is 2. The average molecular weight is 384 g/mol. The second kappa shape index (κ2) is 6.85. The van der Waals surface area contributed by atoms with Crippen molar-refractivity contribution < 1.29 is 4.79 Å². The Labute approximate surface area is 162 Å². The van der Waals surface area contributed by atoms with Crippen LogP contribution < -0.4 is 5.73 Å². The highest BCUT2D eigenvalue weighted by molar-refractivity contribution is 6.30. The Kier molecular flexibility index (Phi) is 4.52. The van der Waals surface area contributed by atoms with Crippen molar-refractivity contribution in [2.45, 2.75) is 39.2 Å². The third kappa shape index (κ3) is 3.25. The number of hydrogen-bond acceptors (Lipinski definition) is 4. The van der Waals surface area contributed by atoms with Crippen LogP contribution in [0.4, 0.5) is 5.69 Å². The highest BCUT2D eigenvalue weighted by Gasteiger charge is 2.31. The maximum absolute atomic E-state index is 13.3. The van der Waals surface area contributed by atoms with Gasteiger partial charge in [0.2, 0.25) is 0 Å². The van der Waals surface area contributed by atoms with Crippen molar-refractivity contribution in [2.24, 2.45) is 0 Å². The van der Waals surface area contributed by atoms with E-state index in [1.54, 1.807) is 10.6 Å². The fourth-order valence-electron chi connectivity index (χ4n) is 3.66. The van der Waals surface area contributed by atoms with Crippen molar-refractivity contribution in [1.82, 2.24) is 19.5 Å². The molecule has 1 aromatic carbocycles. The molecule has 27 heavy (non-hydrogen) atoms. The lowest BCUT2D eigenvalue weighted by atomic mass is 9.97. The first-order valence-corrected chi connectivity index (χ1v) is 9.51. The molecule has 1 fully saturated rings. The summed E-state index contributed by atoms with van der Waals surface area (Å²) in [5.41, 5.74) is 10.6. The van der Waals surface area contributed by atoms with E-state index in [2.05, 4.69) is 10.1 Å². The molecule has 1 amide bonds. The van der Waals surface area contributed by atoms with Gasteiger partial charge in [-0.05, 0) is 45.2 Å². The van der Waals surface area contributed by atoms with Crippen LogP contribution in [0.1, 0.15) is 52.5 Å². The number of nitrogen functional groups attached to an aromatic ring is 1. The summed E-state index contributed by atoms with van der Waals surface area (Å²) in [6.07, 6.45) is 4.76. The number of nitrogens with two attached hydrogens (primary N) is 1. The summed E-state index contributed by atoms with van der Waals surface area (Å²) in [5.74, 6) is -0.0415. The molecule has 0 radical (unpaired) electrons. The van der Waals surface area contributed by atoms with Crippen molar-refractivity contribution in [3.63, 3.8) is 0 Å². The molecular formula is C20H22ClN5O. The first kappa shape index (κ1) is 17.8. The van der Waals surface area contributed by atoms with E-state index >= 15 is 0 Å². The van der Waals surface area contributed by atoms with E-state index in [-0.39, 0.29) is 11.9 Å². The van der Waals surface area contributed by atoms with Gasteiger partial charge in [-0.15, -0.1) is 0 Å². The quantitative estimate of drug-likeness (QED) is 0.537. The number of rotatable bonds is 2.